The quantitative estimate of drug-likeness (QED) is 0.737. The molecule has 0 saturated heterocycles. The van der Waals surface area contributed by atoms with E-state index in [1.807, 2.05) is 6.07 Å². The van der Waals surface area contributed by atoms with Crippen molar-refractivity contribution in [2.45, 2.75) is 0 Å². The Hall–Kier alpha value is -2.82. The topological polar surface area (TPSA) is 75.4 Å². The fourth-order valence-electron chi connectivity index (χ4n) is 1.79. The molecule has 0 spiro atoms. The number of amides is 1. The second-order valence-electron chi connectivity index (χ2n) is 3.98. The molecule has 94 valence electrons. The first-order valence-corrected chi connectivity index (χ1v) is 5.67. The summed E-state index contributed by atoms with van der Waals surface area (Å²) < 4.78 is 4.99. The van der Waals surface area contributed by atoms with Crippen molar-refractivity contribution < 1.29 is 14.3 Å². The molecular weight excluding hydrogens is 244 g/mol. The number of rotatable bonds is 2. The van der Waals surface area contributed by atoms with Crippen LogP contribution in [-0.4, -0.2) is 16.0 Å². The predicted molar refractivity (Wildman–Crippen MR) is 70.1 cm³/mol. The van der Waals surface area contributed by atoms with E-state index in [1.54, 1.807) is 36.4 Å². The normalized spacial score (nSPS) is 10.5. The molecule has 3 aromatic rings. The average Bonchev–Trinajstić information content (AvgIpc) is 2.94. The zero-order valence-corrected chi connectivity index (χ0v) is 9.83. The van der Waals surface area contributed by atoms with Crippen LogP contribution in [0.15, 0.2) is 53.1 Å². The maximum Gasteiger partial charge on any atom is 0.292 e. The molecule has 0 aliphatic carbocycles. The van der Waals surface area contributed by atoms with Crippen LogP contribution in [0.25, 0.3) is 10.9 Å². The van der Waals surface area contributed by atoms with Crippen molar-refractivity contribution in [2.24, 2.45) is 0 Å². The molecule has 19 heavy (non-hydrogen) atoms. The summed E-state index contributed by atoms with van der Waals surface area (Å²) in [5, 5.41) is 13.1. The largest absolute Gasteiger partial charge is 0.506 e. The van der Waals surface area contributed by atoms with E-state index in [0.29, 0.717) is 11.3 Å². The number of aromatic hydroxyl groups is 1. The highest BCUT2D eigenvalue weighted by molar-refractivity contribution is 6.02. The van der Waals surface area contributed by atoms with Gasteiger partial charge in [-0.25, -0.2) is 4.98 Å². The molecule has 5 nitrogen and oxygen atoms in total. The zero-order chi connectivity index (χ0) is 13.2. The molecule has 0 atom stereocenters. The lowest BCUT2D eigenvalue weighted by molar-refractivity contribution is 0.0996. The van der Waals surface area contributed by atoms with Crippen molar-refractivity contribution in [3.63, 3.8) is 0 Å². The van der Waals surface area contributed by atoms with E-state index < -0.39 is 0 Å². The Morgan fingerprint density at radius 2 is 2.05 bits per heavy atom. The molecule has 5 heteroatoms. The molecule has 0 saturated carbocycles. The second-order valence-corrected chi connectivity index (χ2v) is 3.98. The van der Waals surface area contributed by atoms with Crippen LogP contribution in [0, 0.1) is 0 Å². The second kappa shape index (κ2) is 4.45. The molecule has 2 heterocycles. The fourth-order valence-corrected chi connectivity index (χ4v) is 1.79. The number of pyridine rings is 1. The van der Waals surface area contributed by atoms with Crippen molar-refractivity contribution in [1.29, 1.82) is 0 Å². The lowest BCUT2D eigenvalue weighted by Gasteiger charge is -2.05. The first-order valence-electron chi connectivity index (χ1n) is 5.67. The predicted octanol–water partition coefficient (Wildman–Crippen LogP) is 2.79. The number of hydrogen-bond donors (Lipinski definition) is 2. The van der Waals surface area contributed by atoms with Gasteiger partial charge in [-0.15, -0.1) is 0 Å². The van der Waals surface area contributed by atoms with Gasteiger partial charge in [0.1, 0.15) is 17.1 Å². The summed E-state index contributed by atoms with van der Waals surface area (Å²) in [5.74, 6) is 0.258. The third kappa shape index (κ3) is 2.13. The standard InChI is InChI=1S/C14H10N2O3/c17-10-4-1-3-9-6-7-12(15-13(9)10)16-14(18)11-5-2-8-19-11/h1-8,17H,(H,15,16,18). The van der Waals surface area contributed by atoms with Crippen LogP contribution in [0.4, 0.5) is 5.82 Å². The maximum atomic E-state index is 11.8. The number of nitrogens with one attached hydrogen (secondary N) is 1. The number of aromatic nitrogens is 1. The Labute approximate surface area is 108 Å². The molecule has 2 aromatic heterocycles. The highest BCUT2D eigenvalue weighted by Crippen LogP contribution is 2.23. The molecule has 1 aromatic carbocycles. The summed E-state index contributed by atoms with van der Waals surface area (Å²) >= 11 is 0. The van der Waals surface area contributed by atoms with Gasteiger partial charge in [-0.3, -0.25) is 4.79 Å². The SMILES string of the molecule is O=C(Nc1ccc2cccc(O)c2n1)c1ccco1. The molecule has 0 unspecified atom stereocenters. The molecule has 1 amide bonds. The first-order chi connectivity index (χ1) is 9.24. The van der Waals surface area contributed by atoms with Crippen molar-refractivity contribution in [3.05, 3.63) is 54.5 Å². The summed E-state index contributed by atoms with van der Waals surface area (Å²) in [6.07, 6.45) is 1.43. The number of benzene rings is 1. The van der Waals surface area contributed by atoms with Crippen LogP contribution >= 0.6 is 0 Å². The summed E-state index contributed by atoms with van der Waals surface area (Å²) in [6, 6.07) is 11.8. The van der Waals surface area contributed by atoms with Crippen LogP contribution < -0.4 is 5.32 Å². The molecule has 2 N–H and O–H groups in total. The van der Waals surface area contributed by atoms with Gasteiger partial charge in [0, 0.05) is 5.39 Å². The molecule has 0 aliphatic heterocycles. The molecule has 3 rings (SSSR count). The van der Waals surface area contributed by atoms with E-state index in [4.69, 9.17) is 4.42 Å². The Kier molecular flexibility index (Phi) is 2.64. The number of carbonyl (C=O) groups excluding carboxylic acids is 1. The first kappa shape index (κ1) is 11.3. The van der Waals surface area contributed by atoms with Gasteiger partial charge in [-0.1, -0.05) is 12.1 Å². The van der Waals surface area contributed by atoms with Gasteiger partial charge in [-0.2, -0.15) is 0 Å². The van der Waals surface area contributed by atoms with Crippen molar-refractivity contribution in [2.75, 3.05) is 5.32 Å². The van der Waals surface area contributed by atoms with Crippen LogP contribution in [0.2, 0.25) is 0 Å². The highest BCUT2D eigenvalue weighted by atomic mass is 16.3. The van der Waals surface area contributed by atoms with E-state index in [0.717, 1.165) is 5.39 Å². The molecular formula is C14H10N2O3. The van der Waals surface area contributed by atoms with Crippen LogP contribution in [-0.2, 0) is 0 Å². The Morgan fingerprint density at radius 3 is 2.84 bits per heavy atom. The van der Waals surface area contributed by atoms with E-state index in [2.05, 4.69) is 10.3 Å². The Bertz CT molecular complexity index is 736. The van der Waals surface area contributed by atoms with Gasteiger partial charge in [0.25, 0.3) is 5.91 Å². The number of para-hydroxylation sites is 1. The smallest absolute Gasteiger partial charge is 0.292 e. The van der Waals surface area contributed by atoms with Gasteiger partial charge < -0.3 is 14.8 Å². The van der Waals surface area contributed by atoms with Gasteiger partial charge in [-0.05, 0) is 30.3 Å². The van der Waals surface area contributed by atoms with E-state index >= 15 is 0 Å². The lowest BCUT2D eigenvalue weighted by Crippen LogP contribution is -2.11. The molecule has 0 radical (unpaired) electrons. The number of carbonyl (C=O) groups is 1. The van der Waals surface area contributed by atoms with Gasteiger partial charge >= 0.3 is 0 Å². The molecule has 0 fully saturated rings. The summed E-state index contributed by atoms with van der Waals surface area (Å²) in [6.45, 7) is 0. The number of phenols is 1. The zero-order valence-electron chi connectivity index (χ0n) is 9.83. The molecule has 0 bridgehead atoms. The van der Waals surface area contributed by atoms with Crippen LogP contribution in [0.3, 0.4) is 0 Å². The third-order valence-corrected chi connectivity index (χ3v) is 2.69. The van der Waals surface area contributed by atoms with E-state index in [1.165, 1.54) is 6.26 Å². The number of furan rings is 1. The number of phenolic OH excluding ortho intramolecular Hbond substituents is 1. The summed E-state index contributed by atoms with van der Waals surface area (Å²) in [5.41, 5.74) is 0.444. The summed E-state index contributed by atoms with van der Waals surface area (Å²) in [7, 11) is 0. The number of fused-ring (bicyclic) bond motifs is 1. The summed E-state index contributed by atoms with van der Waals surface area (Å²) in [4.78, 5) is 16.0. The Morgan fingerprint density at radius 1 is 1.16 bits per heavy atom. The van der Waals surface area contributed by atoms with Crippen molar-refractivity contribution >= 4 is 22.6 Å². The lowest BCUT2D eigenvalue weighted by atomic mass is 10.2. The van der Waals surface area contributed by atoms with Crippen molar-refractivity contribution in [1.82, 2.24) is 4.98 Å². The maximum absolute atomic E-state index is 11.8. The Balaban J connectivity index is 1.94. The van der Waals surface area contributed by atoms with E-state index in [-0.39, 0.29) is 17.4 Å². The van der Waals surface area contributed by atoms with Gasteiger partial charge in [0.2, 0.25) is 0 Å². The number of anilines is 1. The number of hydrogen-bond acceptors (Lipinski definition) is 4. The minimum Gasteiger partial charge on any atom is -0.506 e. The van der Waals surface area contributed by atoms with E-state index in [9.17, 15) is 9.90 Å². The average molecular weight is 254 g/mol. The highest BCUT2D eigenvalue weighted by Gasteiger charge is 2.10. The number of nitrogens with zero attached hydrogens (tertiary/aromatic N) is 1. The fraction of sp³-hybridized carbons (Fsp3) is 0. The third-order valence-electron chi connectivity index (χ3n) is 2.69. The monoisotopic (exact) mass is 254 g/mol. The van der Waals surface area contributed by atoms with Gasteiger partial charge in [0.15, 0.2) is 5.76 Å². The van der Waals surface area contributed by atoms with Crippen LogP contribution in [0.1, 0.15) is 10.6 Å². The van der Waals surface area contributed by atoms with Gasteiger partial charge in [0.05, 0.1) is 6.26 Å². The van der Waals surface area contributed by atoms with Crippen LogP contribution in [0.5, 0.6) is 5.75 Å². The minimum atomic E-state index is -0.382. The molecule has 0 aliphatic rings. The van der Waals surface area contributed by atoms with Crippen molar-refractivity contribution in [3.8, 4) is 5.75 Å². The minimum absolute atomic E-state index is 0.0756.